The van der Waals surface area contributed by atoms with Crippen LogP contribution >= 0.6 is 0 Å². The Hall–Kier alpha value is -1.15. The van der Waals surface area contributed by atoms with E-state index >= 15 is 0 Å². The maximum Gasteiger partial charge on any atom is 0.166 e. The number of benzene rings is 1. The summed E-state index contributed by atoms with van der Waals surface area (Å²) in [5, 5.41) is 0. The Morgan fingerprint density at radius 3 is 2.78 bits per heavy atom. The van der Waals surface area contributed by atoms with Gasteiger partial charge in [0.25, 0.3) is 0 Å². The summed E-state index contributed by atoms with van der Waals surface area (Å²) in [5.41, 5.74) is 6.00. The van der Waals surface area contributed by atoms with Gasteiger partial charge in [0.2, 0.25) is 0 Å². The third-order valence-corrected chi connectivity index (χ3v) is 3.94. The Bertz CT molecular complexity index is 474. The van der Waals surface area contributed by atoms with Crippen molar-refractivity contribution in [3.63, 3.8) is 0 Å². The molecule has 18 heavy (non-hydrogen) atoms. The molecule has 0 fully saturated rings. The number of ether oxygens (including phenoxy) is 1. The van der Waals surface area contributed by atoms with Crippen molar-refractivity contribution >= 4 is 5.78 Å². The fourth-order valence-electron chi connectivity index (χ4n) is 2.98. The second-order valence-corrected chi connectivity index (χ2v) is 5.25. The Morgan fingerprint density at radius 1 is 1.39 bits per heavy atom. The highest BCUT2D eigenvalue weighted by Crippen LogP contribution is 2.32. The SMILES string of the molecule is CCOCCc1c(C)cc2c(c1C)C(=O)[C@H](C)C2. The number of hydrogen-bond acceptors (Lipinski definition) is 2. The highest BCUT2D eigenvalue weighted by atomic mass is 16.5. The summed E-state index contributed by atoms with van der Waals surface area (Å²) in [5.74, 6) is 0.473. The van der Waals surface area contributed by atoms with E-state index in [0.29, 0.717) is 5.78 Å². The molecule has 2 rings (SSSR count). The molecule has 1 atom stereocenters. The maximum atomic E-state index is 12.2. The van der Waals surface area contributed by atoms with Crippen LogP contribution in [0.1, 0.15) is 46.5 Å². The molecular formula is C16H22O2. The van der Waals surface area contributed by atoms with Gasteiger partial charge in [-0.1, -0.05) is 13.0 Å². The molecule has 0 radical (unpaired) electrons. The highest BCUT2D eigenvalue weighted by Gasteiger charge is 2.29. The van der Waals surface area contributed by atoms with Crippen molar-refractivity contribution in [2.75, 3.05) is 13.2 Å². The van der Waals surface area contributed by atoms with E-state index in [1.807, 2.05) is 13.8 Å². The van der Waals surface area contributed by atoms with Gasteiger partial charge < -0.3 is 4.74 Å². The lowest BCUT2D eigenvalue weighted by atomic mass is 9.92. The van der Waals surface area contributed by atoms with Crippen molar-refractivity contribution in [2.45, 2.75) is 40.5 Å². The van der Waals surface area contributed by atoms with E-state index in [4.69, 9.17) is 4.74 Å². The van der Waals surface area contributed by atoms with E-state index in [1.54, 1.807) is 0 Å². The van der Waals surface area contributed by atoms with E-state index in [0.717, 1.165) is 31.6 Å². The third-order valence-electron chi connectivity index (χ3n) is 3.94. The predicted octanol–water partition coefficient (Wildman–Crippen LogP) is 3.26. The molecule has 0 saturated carbocycles. The zero-order valence-corrected chi connectivity index (χ0v) is 11.8. The fraction of sp³-hybridized carbons (Fsp3) is 0.562. The second kappa shape index (κ2) is 5.23. The maximum absolute atomic E-state index is 12.2. The van der Waals surface area contributed by atoms with E-state index in [1.165, 1.54) is 22.3 Å². The quantitative estimate of drug-likeness (QED) is 0.762. The van der Waals surface area contributed by atoms with E-state index < -0.39 is 0 Å². The van der Waals surface area contributed by atoms with Crippen molar-refractivity contribution in [1.29, 1.82) is 0 Å². The van der Waals surface area contributed by atoms with Crippen molar-refractivity contribution in [3.8, 4) is 0 Å². The first kappa shape index (κ1) is 13.3. The Morgan fingerprint density at radius 2 is 2.11 bits per heavy atom. The number of carbonyl (C=O) groups excluding carboxylic acids is 1. The number of fused-ring (bicyclic) bond motifs is 1. The molecule has 1 aliphatic rings. The van der Waals surface area contributed by atoms with E-state index in [-0.39, 0.29) is 5.92 Å². The van der Waals surface area contributed by atoms with Crippen LogP contribution in [-0.2, 0) is 17.6 Å². The standard InChI is InChI=1S/C16H22O2/c1-5-18-7-6-14-10(2)8-13-9-11(3)16(17)15(13)12(14)4/h8,11H,5-7,9H2,1-4H3/t11-/m1/s1. The minimum Gasteiger partial charge on any atom is -0.381 e. The van der Waals surface area contributed by atoms with Crippen molar-refractivity contribution in [3.05, 3.63) is 33.9 Å². The lowest BCUT2D eigenvalue weighted by Crippen LogP contribution is -2.08. The first-order chi connectivity index (χ1) is 8.56. The van der Waals surface area contributed by atoms with Crippen molar-refractivity contribution in [2.24, 2.45) is 5.92 Å². The Labute approximate surface area is 109 Å². The number of ketones is 1. The van der Waals surface area contributed by atoms with Crippen LogP contribution in [0.4, 0.5) is 0 Å². The average Bonchev–Trinajstić information content (AvgIpc) is 2.59. The lowest BCUT2D eigenvalue weighted by Gasteiger charge is -2.14. The van der Waals surface area contributed by atoms with Gasteiger partial charge in [0.15, 0.2) is 5.78 Å². The predicted molar refractivity (Wildman–Crippen MR) is 73.3 cm³/mol. The Kier molecular flexibility index (Phi) is 3.86. The summed E-state index contributed by atoms with van der Waals surface area (Å²) in [6.45, 7) is 9.75. The zero-order chi connectivity index (χ0) is 13.3. The summed E-state index contributed by atoms with van der Waals surface area (Å²) in [4.78, 5) is 12.2. The normalized spacial score (nSPS) is 18.2. The van der Waals surface area contributed by atoms with Gasteiger partial charge in [-0.3, -0.25) is 4.79 Å². The third kappa shape index (κ3) is 2.22. The first-order valence-corrected chi connectivity index (χ1v) is 6.80. The molecule has 0 amide bonds. The zero-order valence-electron chi connectivity index (χ0n) is 11.8. The highest BCUT2D eigenvalue weighted by molar-refractivity contribution is 6.03. The molecule has 0 aliphatic heterocycles. The summed E-state index contributed by atoms with van der Waals surface area (Å²) in [6, 6.07) is 2.20. The first-order valence-electron chi connectivity index (χ1n) is 6.80. The molecular weight excluding hydrogens is 224 g/mol. The van der Waals surface area contributed by atoms with Gasteiger partial charge in [-0.05, 0) is 55.9 Å². The van der Waals surface area contributed by atoms with Crippen molar-refractivity contribution in [1.82, 2.24) is 0 Å². The smallest absolute Gasteiger partial charge is 0.166 e. The Balaban J connectivity index is 2.36. The van der Waals surface area contributed by atoms with Crippen LogP contribution < -0.4 is 0 Å². The molecule has 0 spiro atoms. The summed E-state index contributed by atoms with van der Waals surface area (Å²) >= 11 is 0. The summed E-state index contributed by atoms with van der Waals surface area (Å²) in [6.07, 6.45) is 1.81. The van der Waals surface area contributed by atoms with Crippen LogP contribution in [0.15, 0.2) is 6.07 Å². The molecule has 98 valence electrons. The molecule has 1 aromatic carbocycles. The van der Waals surface area contributed by atoms with Crippen LogP contribution in [0.3, 0.4) is 0 Å². The van der Waals surface area contributed by atoms with Gasteiger partial charge in [0.05, 0.1) is 6.61 Å². The minimum absolute atomic E-state index is 0.153. The van der Waals surface area contributed by atoms with E-state index in [2.05, 4.69) is 19.9 Å². The molecule has 1 aliphatic carbocycles. The van der Waals surface area contributed by atoms with E-state index in [9.17, 15) is 4.79 Å². The molecule has 1 aromatic rings. The van der Waals surface area contributed by atoms with Gasteiger partial charge in [-0.25, -0.2) is 0 Å². The van der Waals surface area contributed by atoms with Crippen molar-refractivity contribution < 1.29 is 9.53 Å². The average molecular weight is 246 g/mol. The molecule has 2 heteroatoms. The van der Waals surface area contributed by atoms with Gasteiger partial charge >= 0.3 is 0 Å². The fourth-order valence-corrected chi connectivity index (χ4v) is 2.98. The van der Waals surface area contributed by atoms with Gasteiger partial charge in [-0.2, -0.15) is 0 Å². The molecule has 0 N–H and O–H groups in total. The number of aryl methyl sites for hydroxylation is 1. The van der Waals surface area contributed by atoms with Crippen LogP contribution in [0, 0.1) is 19.8 Å². The van der Waals surface area contributed by atoms with Crippen LogP contribution in [0.25, 0.3) is 0 Å². The number of carbonyl (C=O) groups is 1. The molecule has 2 nitrogen and oxygen atoms in total. The molecule has 0 aromatic heterocycles. The number of Topliss-reactive ketones (excluding diaryl/α,β-unsaturated/α-hetero) is 1. The van der Waals surface area contributed by atoms with Crippen LogP contribution in [0.5, 0.6) is 0 Å². The van der Waals surface area contributed by atoms with Gasteiger partial charge in [-0.15, -0.1) is 0 Å². The summed E-state index contributed by atoms with van der Waals surface area (Å²) < 4.78 is 5.43. The molecule has 0 saturated heterocycles. The second-order valence-electron chi connectivity index (χ2n) is 5.25. The number of hydrogen-bond donors (Lipinski definition) is 0. The molecule has 0 heterocycles. The lowest BCUT2D eigenvalue weighted by molar-refractivity contribution is 0.0945. The number of rotatable bonds is 4. The molecule has 0 bridgehead atoms. The summed E-state index contributed by atoms with van der Waals surface area (Å²) in [7, 11) is 0. The largest absolute Gasteiger partial charge is 0.381 e. The topological polar surface area (TPSA) is 26.3 Å². The van der Waals surface area contributed by atoms with Gasteiger partial charge in [0, 0.05) is 18.1 Å². The van der Waals surface area contributed by atoms with Crippen LogP contribution in [0.2, 0.25) is 0 Å². The minimum atomic E-state index is 0.153. The van der Waals surface area contributed by atoms with Gasteiger partial charge in [0.1, 0.15) is 0 Å². The van der Waals surface area contributed by atoms with Crippen LogP contribution in [-0.4, -0.2) is 19.0 Å². The monoisotopic (exact) mass is 246 g/mol. The molecule has 0 unspecified atom stereocenters.